The van der Waals surface area contributed by atoms with Crippen molar-refractivity contribution in [3.8, 4) is 11.4 Å². The van der Waals surface area contributed by atoms with E-state index in [2.05, 4.69) is 13.8 Å². The van der Waals surface area contributed by atoms with Crippen LogP contribution in [0.25, 0.3) is 15.9 Å². The molecule has 0 bridgehead atoms. The van der Waals surface area contributed by atoms with Gasteiger partial charge < -0.3 is 9.47 Å². The monoisotopic (exact) mass is 546 g/mol. The van der Waals surface area contributed by atoms with Crippen LogP contribution in [-0.4, -0.2) is 21.8 Å². The first-order valence-electron chi connectivity index (χ1n) is 11.3. The Morgan fingerprint density at radius 2 is 1.97 bits per heavy atom. The molecule has 4 aromatic rings. The molecule has 0 saturated carbocycles. The number of aromatic nitrogens is 2. The Kier molecular flexibility index (Phi) is 6.90. The fourth-order valence-corrected chi connectivity index (χ4v) is 6.85. The molecule has 0 aliphatic carbocycles. The summed E-state index contributed by atoms with van der Waals surface area (Å²) in [4.78, 5) is 20.8. The van der Waals surface area contributed by atoms with Crippen LogP contribution >= 0.6 is 46.3 Å². The van der Waals surface area contributed by atoms with Crippen molar-refractivity contribution in [3.63, 3.8) is 0 Å². The molecule has 2 aromatic carbocycles. The van der Waals surface area contributed by atoms with Crippen LogP contribution in [0.5, 0.6) is 5.75 Å². The molecule has 0 unspecified atom stereocenters. The van der Waals surface area contributed by atoms with E-state index in [1.807, 2.05) is 43.3 Å². The zero-order valence-electron chi connectivity index (χ0n) is 19.6. The highest BCUT2D eigenvalue weighted by Crippen LogP contribution is 2.38. The molecule has 5 rings (SSSR count). The molecule has 0 spiro atoms. The van der Waals surface area contributed by atoms with Crippen LogP contribution in [0, 0.1) is 0 Å². The first kappa shape index (κ1) is 24.7. The molecule has 0 amide bonds. The molecule has 1 aliphatic heterocycles. The van der Waals surface area contributed by atoms with Crippen molar-refractivity contribution >= 4 is 56.5 Å². The van der Waals surface area contributed by atoms with Crippen molar-refractivity contribution < 1.29 is 9.47 Å². The highest BCUT2D eigenvalue weighted by molar-refractivity contribution is 7.98. The van der Waals surface area contributed by atoms with E-state index >= 15 is 0 Å². The third-order valence-corrected chi connectivity index (χ3v) is 8.53. The van der Waals surface area contributed by atoms with Crippen molar-refractivity contribution in [2.24, 2.45) is 0 Å². The quantitative estimate of drug-likeness (QED) is 0.187. The van der Waals surface area contributed by atoms with Crippen LogP contribution in [0.15, 0.2) is 52.4 Å². The Hall–Kier alpha value is -2.03. The van der Waals surface area contributed by atoms with Gasteiger partial charge in [0.1, 0.15) is 10.6 Å². The SMILES string of the molecule is CCOc1ccc(-n2c(SCc3ccc(Cl)cc3Cl)nc3sc4c(c3c2=O)CC(C)(C)OC4)cc1. The standard InChI is InChI=1S/C26H24Cl2N2O3S2/c1-4-32-18-9-7-17(8-10-18)30-24(31)22-19-12-26(2,3)33-13-21(19)35-23(22)29-25(30)34-14-15-5-6-16(27)11-20(15)28/h5-11H,4,12-14H2,1-3H3. The minimum absolute atomic E-state index is 0.0703. The molecule has 3 heterocycles. The second kappa shape index (κ2) is 9.79. The number of rotatable bonds is 6. The van der Waals surface area contributed by atoms with Gasteiger partial charge in [0.25, 0.3) is 5.56 Å². The molecule has 0 N–H and O–H groups in total. The molecular weight excluding hydrogens is 523 g/mol. The molecule has 35 heavy (non-hydrogen) atoms. The number of hydrogen-bond donors (Lipinski definition) is 0. The number of halogens is 2. The van der Waals surface area contributed by atoms with Gasteiger partial charge in [0.05, 0.1) is 29.9 Å². The lowest BCUT2D eigenvalue weighted by Gasteiger charge is -2.29. The van der Waals surface area contributed by atoms with Gasteiger partial charge in [-0.05, 0) is 68.3 Å². The Labute approximate surface area is 222 Å². The number of hydrogen-bond acceptors (Lipinski definition) is 6. The molecule has 0 fully saturated rings. The van der Waals surface area contributed by atoms with E-state index in [1.165, 1.54) is 11.8 Å². The van der Waals surface area contributed by atoms with Gasteiger partial charge in [0, 0.05) is 27.1 Å². The van der Waals surface area contributed by atoms with E-state index in [-0.39, 0.29) is 11.2 Å². The molecule has 182 valence electrons. The number of benzene rings is 2. The molecule has 0 saturated heterocycles. The average Bonchev–Trinajstić information content (AvgIpc) is 3.16. The molecule has 1 aliphatic rings. The second-order valence-corrected chi connectivity index (χ2v) is 11.8. The van der Waals surface area contributed by atoms with Gasteiger partial charge in [-0.2, -0.15) is 0 Å². The predicted octanol–water partition coefficient (Wildman–Crippen LogP) is 7.30. The summed E-state index contributed by atoms with van der Waals surface area (Å²) < 4.78 is 13.3. The van der Waals surface area contributed by atoms with Gasteiger partial charge in [0.15, 0.2) is 5.16 Å². The lowest BCUT2D eigenvalue weighted by Crippen LogP contribution is -2.32. The normalized spacial score (nSPS) is 14.8. The third kappa shape index (κ3) is 4.98. The van der Waals surface area contributed by atoms with Crippen molar-refractivity contribution in [1.29, 1.82) is 0 Å². The Balaban J connectivity index is 1.64. The molecular formula is C26H24Cl2N2O3S2. The summed E-state index contributed by atoms with van der Waals surface area (Å²) in [7, 11) is 0. The van der Waals surface area contributed by atoms with Gasteiger partial charge in [-0.15, -0.1) is 11.3 Å². The molecule has 0 radical (unpaired) electrons. The Bertz CT molecular complexity index is 1460. The maximum atomic E-state index is 14.0. The van der Waals surface area contributed by atoms with E-state index in [4.69, 9.17) is 37.7 Å². The van der Waals surface area contributed by atoms with Gasteiger partial charge in [-0.1, -0.05) is 41.0 Å². The minimum Gasteiger partial charge on any atom is -0.494 e. The van der Waals surface area contributed by atoms with Crippen LogP contribution in [0.2, 0.25) is 10.0 Å². The molecule has 2 aromatic heterocycles. The van der Waals surface area contributed by atoms with Gasteiger partial charge in [0.2, 0.25) is 0 Å². The second-order valence-electron chi connectivity index (χ2n) is 8.90. The predicted molar refractivity (Wildman–Crippen MR) is 145 cm³/mol. The highest BCUT2D eigenvalue weighted by atomic mass is 35.5. The van der Waals surface area contributed by atoms with Crippen molar-refractivity contribution in [1.82, 2.24) is 9.55 Å². The average molecular weight is 548 g/mol. The van der Waals surface area contributed by atoms with Gasteiger partial charge in [-0.3, -0.25) is 9.36 Å². The van der Waals surface area contributed by atoms with Crippen molar-refractivity contribution in [2.75, 3.05) is 6.61 Å². The van der Waals surface area contributed by atoms with E-state index in [9.17, 15) is 4.79 Å². The van der Waals surface area contributed by atoms with Crippen molar-refractivity contribution in [3.05, 3.63) is 78.9 Å². The van der Waals surface area contributed by atoms with Crippen LogP contribution in [0.4, 0.5) is 0 Å². The summed E-state index contributed by atoms with van der Waals surface area (Å²) in [6.45, 7) is 7.12. The Morgan fingerprint density at radius 3 is 2.69 bits per heavy atom. The van der Waals surface area contributed by atoms with E-state index in [0.29, 0.717) is 46.0 Å². The van der Waals surface area contributed by atoms with Crippen LogP contribution in [0.3, 0.4) is 0 Å². The lowest BCUT2D eigenvalue weighted by atomic mass is 9.94. The molecule has 9 heteroatoms. The first-order valence-corrected chi connectivity index (χ1v) is 13.8. The number of thioether (sulfide) groups is 1. The first-order chi connectivity index (χ1) is 16.8. The minimum atomic E-state index is -0.323. The molecule has 5 nitrogen and oxygen atoms in total. The lowest BCUT2D eigenvalue weighted by molar-refractivity contribution is -0.0379. The number of thiophene rings is 1. The smallest absolute Gasteiger partial charge is 0.267 e. The summed E-state index contributed by atoms with van der Waals surface area (Å²) in [5.74, 6) is 1.30. The summed E-state index contributed by atoms with van der Waals surface area (Å²) in [6, 6.07) is 13.0. The fraction of sp³-hybridized carbons (Fsp3) is 0.308. The maximum absolute atomic E-state index is 14.0. The fourth-order valence-electron chi connectivity index (χ4n) is 4.14. The maximum Gasteiger partial charge on any atom is 0.267 e. The summed E-state index contributed by atoms with van der Waals surface area (Å²) >= 11 is 15.5. The number of fused-ring (bicyclic) bond motifs is 3. The van der Waals surface area contributed by atoms with E-state index < -0.39 is 0 Å². The van der Waals surface area contributed by atoms with Gasteiger partial charge in [-0.25, -0.2) is 4.98 Å². The number of nitrogens with zero attached hydrogens (tertiary/aromatic N) is 2. The topological polar surface area (TPSA) is 53.4 Å². The van der Waals surface area contributed by atoms with Crippen LogP contribution in [-0.2, 0) is 23.5 Å². The highest BCUT2D eigenvalue weighted by Gasteiger charge is 2.31. The largest absolute Gasteiger partial charge is 0.494 e. The summed E-state index contributed by atoms with van der Waals surface area (Å²) in [5.41, 5.74) is 2.32. The van der Waals surface area contributed by atoms with E-state index in [1.54, 1.807) is 22.0 Å². The number of ether oxygens (including phenoxy) is 2. The summed E-state index contributed by atoms with van der Waals surface area (Å²) in [5, 5.41) is 2.47. The van der Waals surface area contributed by atoms with Crippen LogP contribution < -0.4 is 10.3 Å². The van der Waals surface area contributed by atoms with E-state index in [0.717, 1.165) is 32.3 Å². The zero-order valence-corrected chi connectivity index (χ0v) is 22.7. The Morgan fingerprint density at radius 1 is 1.20 bits per heavy atom. The van der Waals surface area contributed by atoms with Gasteiger partial charge >= 0.3 is 0 Å². The zero-order chi connectivity index (χ0) is 24.7. The summed E-state index contributed by atoms with van der Waals surface area (Å²) in [6.07, 6.45) is 0.676. The third-order valence-electron chi connectivity index (χ3n) is 5.85. The van der Waals surface area contributed by atoms with Crippen molar-refractivity contribution in [2.45, 2.75) is 50.3 Å². The molecule has 0 atom stereocenters. The van der Waals surface area contributed by atoms with Crippen LogP contribution in [0.1, 0.15) is 36.8 Å².